The monoisotopic (exact) mass is 463 g/mol. The molecule has 4 rings (SSSR count). The van der Waals surface area contributed by atoms with Crippen LogP contribution in [0.3, 0.4) is 0 Å². The summed E-state index contributed by atoms with van der Waals surface area (Å²) in [4.78, 5) is 27.8. The van der Waals surface area contributed by atoms with Crippen molar-refractivity contribution < 1.29 is 14.3 Å². The average molecular weight is 464 g/mol. The van der Waals surface area contributed by atoms with E-state index in [0.717, 1.165) is 18.7 Å². The van der Waals surface area contributed by atoms with Gasteiger partial charge in [-0.15, -0.1) is 0 Å². The van der Waals surface area contributed by atoms with E-state index in [9.17, 15) is 9.59 Å². The molecular formula is C26H26ClN3O3. The Labute approximate surface area is 198 Å². The molecule has 1 aliphatic rings. The van der Waals surface area contributed by atoms with E-state index in [2.05, 4.69) is 5.32 Å². The summed E-state index contributed by atoms with van der Waals surface area (Å²) in [5, 5.41) is 11.5. The zero-order valence-corrected chi connectivity index (χ0v) is 18.3. The van der Waals surface area contributed by atoms with Crippen molar-refractivity contribution in [2.24, 2.45) is 0 Å². The van der Waals surface area contributed by atoms with E-state index in [1.54, 1.807) is 66.7 Å². The molecule has 3 aromatic rings. The number of nitrogens with one attached hydrogen (secondary N) is 2. The smallest absolute Gasteiger partial charge is 0.256 e. The molecule has 33 heavy (non-hydrogen) atoms. The molecule has 6 nitrogen and oxygen atoms in total. The SMILES string of the molecule is C.COc1ccc(CC(=O)c2ccc(C(=N)N3CC3)cc2)c(C(=O)Nc2ccc(Cl)cc2)c1. The quantitative estimate of drug-likeness (QED) is 0.215. The second kappa shape index (κ2) is 10.3. The maximum atomic E-state index is 13.0. The molecule has 2 N–H and O–H groups in total. The Morgan fingerprint density at radius 3 is 2.24 bits per heavy atom. The predicted octanol–water partition coefficient (Wildman–Crippen LogP) is 5.30. The van der Waals surface area contributed by atoms with Crippen molar-refractivity contribution in [3.8, 4) is 5.75 Å². The van der Waals surface area contributed by atoms with Gasteiger partial charge >= 0.3 is 0 Å². The number of ketones is 1. The van der Waals surface area contributed by atoms with Gasteiger partial charge in [-0.2, -0.15) is 0 Å². The molecule has 0 bridgehead atoms. The molecule has 3 aromatic carbocycles. The number of rotatable bonds is 7. The van der Waals surface area contributed by atoms with Crippen LogP contribution in [0.25, 0.3) is 0 Å². The summed E-state index contributed by atoms with van der Waals surface area (Å²) in [6.45, 7) is 1.80. The lowest BCUT2D eigenvalue weighted by Gasteiger charge is -2.12. The van der Waals surface area contributed by atoms with Crippen LogP contribution in [-0.2, 0) is 6.42 Å². The lowest BCUT2D eigenvalue weighted by molar-refractivity contribution is 0.0992. The molecule has 1 saturated heterocycles. The van der Waals surface area contributed by atoms with Gasteiger partial charge in [0.15, 0.2) is 5.78 Å². The third-order valence-electron chi connectivity index (χ3n) is 5.26. The molecule has 170 valence electrons. The summed E-state index contributed by atoms with van der Waals surface area (Å²) in [6.07, 6.45) is 0.0658. The molecule has 7 heteroatoms. The van der Waals surface area contributed by atoms with Crippen molar-refractivity contribution in [3.63, 3.8) is 0 Å². The third kappa shape index (κ3) is 5.79. The number of nitrogens with zero attached hydrogens (tertiary/aromatic N) is 1. The Morgan fingerprint density at radius 1 is 1.00 bits per heavy atom. The number of amidine groups is 1. The lowest BCUT2D eigenvalue weighted by atomic mass is 9.97. The minimum absolute atomic E-state index is 0. The van der Waals surface area contributed by atoms with Gasteiger partial charge < -0.3 is 15.0 Å². The van der Waals surface area contributed by atoms with E-state index in [1.807, 2.05) is 4.90 Å². The normalized spacial score (nSPS) is 11.9. The van der Waals surface area contributed by atoms with Crippen LogP contribution in [0.1, 0.15) is 39.3 Å². The van der Waals surface area contributed by atoms with Crippen LogP contribution < -0.4 is 10.1 Å². The van der Waals surface area contributed by atoms with Crippen molar-refractivity contribution in [2.75, 3.05) is 25.5 Å². The number of anilines is 1. The number of carbonyl (C=O) groups excluding carboxylic acids is 2. The van der Waals surface area contributed by atoms with Gasteiger partial charge in [0, 0.05) is 46.9 Å². The highest BCUT2D eigenvalue weighted by atomic mass is 35.5. The van der Waals surface area contributed by atoms with Gasteiger partial charge in [0.25, 0.3) is 5.91 Å². The van der Waals surface area contributed by atoms with Crippen LogP contribution in [0.2, 0.25) is 5.02 Å². The molecular weight excluding hydrogens is 438 g/mol. The van der Waals surface area contributed by atoms with Crippen LogP contribution in [0.5, 0.6) is 5.75 Å². The maximum absolute atomic E-state index is 13.0. The van der Waals surface area contributed by atoms with E-state index in [4.69, 9.17) is 21.7 Å². The fourth-order valence-electron chi connectivity index (χ4n) is 3.32. The van der Waals surface area contributed by atoms with Crippen LogP contribution in [0, 0.1) is 5.41 Å². The number of benzene rings is 3. The molecule has 0 spiro atoms. The number of carbonyl (C=O) groups is 2. The van der Waals surface area contributed by atoms with Crippen LogP contribution in [-0.4, -0.2) is 42.6 Å². The first-order chi connectivity index (χ1) is 15.4. The van der Waals surface area contributed by atoms with Crippen molar-refractivity contribution in [1.29, 1.82) is 5.41 Å². The minimum atomic E-state index is -0.337. The van der Waals surface area contributed by atoms with Crippen molar-refractivity contribution in [1.82, 2.24) is 4.90 Å². The minimum Gasteiger partial charge on any atom is -0.497 e. The molecule has 1 fully saturated rings. The Bertz CT molecular complexity index is 1170. The fraction of sp³-hybridized carbons (Fsp3) is 0.192. The largest absolute Gasteiger partial charge is 0.497 e. The number of hydrogen-bond donors (Lipinski definition) is 2. The molecule has 1 amide bonds. The number of methoxy groups -OCH3 is 1. The highest BCUT2D eigenvalue weighted by molar-refractivity contribution is 6.30. The van der Waals surface area contributed by atoms with Gasteiger partial charge in [-0.25, -0.2) is 0 Å². The zero-order chi connectivity index (χ0) is 22.7. The molecule has 1 heterocycles. The third-order valence-corrected chi connectivity index (χ3v) is 5.51. The highest BCUT2D eigenvalue weighted by Gasteiger charge is 2.22. The van der Waals surface area contributed by atoms with Crippen molar-refractivity contribution in [3.05, 3.63) is 94.0 Å². The second-order valence-corrected chi connectivity index (χ2v) is 7.93. The average Bonchev–Trinajstić information content (AvgIpc) is 3.66. The lowest BCUT2D eigenvalue weighted by Crippen LogP contribution is -2.16. The first kappa shape index (κ1) is 24.0. The standard InChI is InChI=1S/C25H22ClN3O3.CH4/c1-32-21-11-6-18(22(15-21)25(31)28-20-9-7-19(26)8-10-20)14-23(30)16-2-4-17(5-3-16)24(27)29-12-13-29;/h2-11,15,27H,12-14H2,1H3,(H,28,31);1H4. The second-order valence-electron chi connectivity index (χ2n) is 7.50. The van der Waals surface area contributed by atoms with E-state index < -0.39 is 0 Å². The van der Waals surface area contributed by atoms with E-state index >= 15 is 0 Å². The van der Waals surface area contributed by atoms with Gasteiger partial charge in [0.2, 0.25) is 0 Å². The van der Waals surface area contributed by atoms with Crippen LogP contribution in [0.4, 0.5) is 5.69 Å². The fourth-order valence-corrected chi connectivity index (χ4v) is 3.45. The van der Waals surface area contributed by atoms with Gasteiger partial charge in [-0.1, -0.05) is 49.4 Å². The Morgan fingerprint density at radius 2 is 1.64 bits per heavy atom. The first-order valence-electron chi connectivity index (χ1n) is 10.2. The van der Waals surface area contributed by atoms with Crippen molar-refractivity contribution in [2.45, 2.75) is 13.8 Å². The van der Waals surface area contributed by atoms with Gasteiger partial charge in [-0.05, 0) is 42.0 Å². The van der Waals surface area contributed by atoms with Crippen molar-refractivity contribution >= 4 is 34.8 Å². The van der Waals surface area contributed by atoms with Gasteiger partial charge in [0.05, 0.1) is 7.11 Å². The maximum Gasteiger partial charge on any atom is 0.256 e. The number of amides is 1. The summed E-state index contributed by atoms with van der Waals surface area (Å²) in [7, 11) is 1.53. The van der Waals surface area contributed by atoms with E-state index in [-0.39, 0.29) is 25.5 Å². The Hall–Kier alpha value is -3.64. The summed E-state index contributed by atoms with van der Waals surface area (Å²) >= 11 is 5.91. The molecule has 0 unspecified atom stereocenters. The molecule has 0 aromatic heterocycles. The summed E-state index contributed by atoms with van der Waals surface area (Å²) < 4.78 is 5.27. The van der Waals surface area contributed by atoms with Crippen LogP contribution in [0.15, 0.2) is 66.7 Å². The van der Waals surface area contributed by atoms with Gasteiger partial charge in [0.1, 0.15) is 11.6 Å². The van der Waals surface area contributed by atoms with Gasteiger partial charge in [-0.3, -0.25) is 15.0 Å². The predicted molar refractivity (Wildman–Crippen MR) is 132 cm³/mol. The molecule has 0 saturated carbocycles. The van der Waals surface area contributed by atoms with E-state index in [0.29, 0.717) is 39.0 Å². The number of Topliss-reactive ketones (excluding diaryl/α,β-unsaturated/α-hetero) is 1. The molecule has 0 radical (unpaired) electrons. The Balaban J connectivity index is 0.00000306. The summed E-state index contributed by atoms with van der Waals surface area (Å²) in [5.41, 5.74) is 2.89. The topological polar surface area (TPSA) is 82.3 Å². The highest BCUT2D eigenvalue weighted by Crippen LogP contribution is 2.22. The first-order valence-corrected chi connectivity index (χ1v) is 10.5. The van der Waals surface area contributed by atoms with E-state index in [1.165, 1.54) is 7.11 Å². The Kier molecular flexibility index (Phi) is 7.51. The number of ether oxygens (including phenoxy) is 1. The molecule has 0 atom stereocenters. The number of halogens is 1. The zero-order valence-electron chi connectivity index (χ0n) is 17.5. The molecule has 1 aliphatic heterocycles. The van der Waals surface area contributed by atoms with Crippen LogP contribution >= 0.6 is 11.6 Å². The summed E-state index contributed by atoms with van der Waals surface area (Å²) in [6, 6.07) is 18.9. The molecule has 0 aliphatic carbocycles. The summed E-state index contributed by atoms with van der Waals surface area (Å²) in [5.74, 6) is 0.553. The number of hydrogen-bond acceptors (Lipinski definition) is 4.